The van der Waals surface area contributed by atoms with E-state index >= 15 is 0 Å². The third-order valence-electron chi connectivity index (χ3n) is 6.46. The maximum atomic E-state index is 10.5. The summed E-state index contributed by atoms with van der Waals surface area (Å²) < 4.78 is 2.52. The van der Waals surface area contributed by atoms with Gasteiger partial charge >= 0.3 is 0 Å². The van der Waals surface area contributed by atoms with Gasteiger partial charge in [0.05, 0.1) is 5.60 Å². The van der Waals surface area contributed by atoms with Crippen molar-refractivity contribution in [3.8, 4) is 11.1 Å². The molecule has 1 unspecified atom stereocenters. The second-order valence-corrected chi connectivity index (χ2v) is 9.12. The average molecular weight is 397 g/mol. The van der Waals surface area contributed by atoms with E-state index in [9.17, 15) is 5.11 Å². The van der Waals surface area contributed by atoms with Crippen LogP contribution in [0.4, 0.5) is 0 Å². The summed E-state index contributed by atoms with van der Waals surface area (Å²) in [6, 6.07) is 19.7. The van der Waals surface area contributed by atoms with Crippen LogP contribution in [-0.4, -0.2) is 14.7 Å². The van der Waals surface area contributed by atoms with E-state index in [2.05, 4.69) is 71.1 Å². The van der Waals surface area contributed by atoms with E-state index in [4.69, 9.17) is 0 Å². The Kier molecular flexibility index (Phi) is 4.52. The maximum Gasteiger partial charge on any atom is 0.0855 e. The molecule has 0 saturated heterocycles. The van der Waals surface area contributed by atoms with E-state index in [-0.39, 0.29) is 0 Å². The smallest absolute Gasteiger partial charge is 0.0855 e. The number of aliphatic hydroxyl groups is 1. The minimum absolute atomic E-state index is 0.532. The number of benzene rings is 2. The van der Waals surface area contributed by atoms with Gasteiger partial charge in [-0.25, -0.2) is 0 Å². The molecule has 5 rings (SSSR count). The molecule has 0 amide bonds. The van der Waals surface area contributed by atoms with Gasteiger partial charge in [0.25, 0.3) is 0 Å². The second kappa shape index (κ2) is 7.10. The molecule has 3 nitrogen and oxygen atoms in total. The fourth-order valence-corrected chi connectivity index (χ4v) is 4.84. The van der Waals surface area contributed by atoms with Crippen molar-refractivity contribution >= 4 is 10.9 Å². The molecule has 2 aromatic heterocycles. The molecule has 1 aliphatic rings. The van der Waals surface area contributed by atoms with E-state index in [0.717, 1.165) is 30.5 Å². The molecule has 3 heteroatoms. The summed E-state index contributed by atoms with van der Waals surface area (Å²) in [7, 11) is 0. The molecule has 4 aromatic rings. The van der Waals surface area contributed by atoms with Gasteiger partial charge in [-0.3, -0.25) is 4.98 Å². The predicted octanol–water partition coefficient (Wildman–Crippen LogP) is 5.97. The van der Waals surface area contributed by atoms with Crippen molar-refractivity contribution in [1.82, 2.24) is 9.55 Å². The van der Waals surface area contributed by atoms with Gasteiger partial charge in [-0.1, -0.05) is 42.0 Å². The number of pyridine rings is 1. The van der Waals surface area contributed by atoms with Gasteiger partial charge in [-0.05, 0) is 57.4 Å². The lowest BCUT2D eigenvalue weighted by Crippen LogP contribution is -2.19. The Morgan fingerprint density at radius 1 is 1.03 bits per heavy atom. The van der Waals surface area contributed by atoms with Crippen LogP contribution in [0, 0.1) is 6.92 Å². The van der Waals surface area contributed by atoms with Crippen LogP contribution >= 0.6 is 0 Å². The Morgan fingerprint density at radius 2 is 1.83 bits per heavy atom. The van der Waals surface area contributed by atoms with Crippen molar-refractivity contribution in [1.29, 1.82) is 0 Å². The fraction of sp³-hybridized carbons (Fsp3) is 0.296. The molecular formula is C27H28N2O. The minimum Gasteiger partial charge on any atom is -0.386 e. The molecule has 1 N–H and O–H groups in total. The Hall–Kier alpha value is -2.91. The molecule has 30 heavy (non-hydrogen) atoms. The summed E-state index contributed by atoms with van der Waals surface area (Å²) in [4.78, 5) is 4.48. The van der Waals surface area contributed by atoms with Crippen LogP contribution in [0.15, 0.2) is 67.0 Å². The Labute approximate surface area is 178 Å². The van der Waals surface area contributed by atoms with Gasteiger partial charge in [0.2, 0.25) is 0 Å². The highest BCUT2D eigenvalue weighted by Gasteiger charge is 2.27. The predicted molar refractivity (Wildman–Crippen MR) is 123 cm³/mol. The summed E-state index contributed by atoms with van der Waals surface area (Å²) in [5.41, 5.74) is 7.67. The highest BCUT2D eigenvalue weighted by Crippen LogP contribution is 2.41. The Bertz CT molecular complexity index is 1220. The standard InChI is InChI=1S/C27H28N2O/c1-18-9-11-24-23(13-18)26(21-14-22(16-28-15-21)27(2,3)30)25-12-10-20(17-29(24)25)19-7-5-4-6-8-19/h4-9,11,13-16,20,30H,10,12,17H2,1-3H3. The van der Waals surface area contributed by atoms with Crippen molar-refractivity contribution < 1.29 is 5.11 Å². The molecule has 2 aromatic carbocycles. The number of rotatable bonds is 3. The third kappa shape index (κ3) is 3.23. The zero-order valence-corrected chi connectivity index (χ0v) is 17.9. The molecule has 1 atom stereocenters. The molecule has 0 radical (unpaired) electrons. The number of nitrogens with zero attached hydrogens (tertiary/aromatic N) is 2. The summed E-state index contributed by atoms with van der Waals surface area (Å²) >= 11 is 0. The van der Waals surface area contributed by atoms with Crippen molar-refractivity contribution in [3.63, 3.8) is 0 Å². The molecule has 0 bridgehead atoms. The normalized spacial score (nSPS) is 16.6. The van der Waals surface area contributed by atoms with Crippen LogP contribution < -0.4 is 0 Å². The van der Waals surface area contributed by atoms with Crippen molar-refractivity contribution in [2.45, 2.75) is 51.7 Å². The summed E-state index contributed by atoms with van der Waals surface area (Å²) in [5.74, 6) is 0.532. The van der Waals surface area contributed by atoms with Gasteiger partial charge < -0.3 is 9.67 Å². The van der Waals surface area contributed by atoms with E-state index in [1.54, 1.807) is 6.20 Å². The van der Waals surface area contributed by atoms with E-state index in [1.165, 1.54) is 33.3 Å². The Balaban J connectivity index is 1.69. The lowest BCUT2D eigenvalue weighted by molar-refractivity contribution is 0.0783. The molecule has 0 fully saturated rings. The fourth-order valence-electron chi connectivity index (χ4n) is 4.84. The van der Waals surface area contributed by atoms with Gasteiger partial charge in [0, 0.05) is 58.1 Å². The first-order valence-electron chi connectivity index (χ1n) is 10.8. The molecule has 0 spiro atoms. The molecule has 152 valence electrons. The van der Waals surface area contributed by atoms with Crippen molar-refractivity contribution in [2.24, 2.45) is 0 Å². The van der Waals surface area contributed by atoms with Crippen LogP contribution in [0.3, 0.4) is 0 Å². The van der Waals surface area contributed by atoms with Gasteiger partial charge in [-0.2, -0.15) is 0 Å². The second-order valence-electron chi connectivity index (χ2n) is 9.12. The Morgan fingerprint density at radius 3 is 2.60 bits per heavy atom. The highest BCUT2D eigenvalue weighted by molar-refractivity contribution is 5.98. The van der Waals surface area contributed by atoms with Crippen LogP contribution in [-0.2, 0) is 18.6 Å². The quantitative estimate of drug-likeness (QED) is 0.463. The van der Waals surface area contributed by atoms with Crippen LogP contribution in [0.25, 0.3) is 22.0 Å². The van der Waals surface area contributed by atoms with Crippen LogP contribution in [0.1, 0.15) is 48.6 Å². The number of hydrogen-bond donors (Lipinski definition) is 1. The summed E-state index contributed by atoms with van der Waals surface area (Å²) in [6.07, 6.45) is 5.89. The number of fused-ring (bicyclic) bond motifs is 3. The van der Waals surface area contributed by atoms with Crippen LogP contribution in [0.2, 0.25) is 0 Å². The van der Waals surface area contributed by atoms with E-state index < -0.39 is 5.60 Å². The number of aromatic nitrogens is 2. The van der Waals surface area contributed by atoms with E-state index in [1.807, 2.05) is 20.0 Å². The SMILES string of the molecule is Cc1ccc2c(c1)c(-c1cncc(C(C)(C)O)c1)c1n2CC(c2ccccc2)CC1. The molecule has 0 aliphatic carbocycles. The molecule has 1 aliphatic heterocycles. The monoisotopic (exact) mass is 396 g/mol. The summed E-state index contributed by atoms with van der Waals surface area (Å²) in [5, 5.41) is 11.8. The topological polar surface area (TPSA) is 38.1 Å². The molecule has 0 saturated carbocycles. The molecular weight excluding hydrogens is 368 g/mol. The largest absolute Gasteiger partial charge is 0.386 e. The average Bonchev–Trinajstić information content (AvgIpc) is 3.06. The maximum absolute atomic E-state index is 10.5. The minimum atomic E-state index is -0.910. The van der Waals surface area contributed by atoms with Gasteiger partial charge in [-0.15, -0.1) is 0 Å². The first-order valence-corrected chi connectivity index (χ1v) is 10.8. The lowest BCUT2D eigenvalue weighted by Gasteiger charge is -2.26. The summed E-state index contributed by atoms with van der Waals surface area (Å²) in [6.45, 7) is 6.78. The zero-order valence-electron chi connectivity index (χ0n) is 17.9. The van der Waals surface area contributed by atoms with Gasteiger partial charge in [0.15, 0.2) is 0 Å². The number of hydrogen-bond acceptors (Lipinski definition) is 2. The zero-order chi connectivity index (χ0) is 20.9. The van der Waals surface area contributed by atoms with Crippen molar-refractivity contribution in [2.75, 3.05) is 0 Å². The number of aryl methyl sites for hydroxylation is 1. The third-order valence-corrected chi connectivity index (χ3v) is 6.46. The first kappa shape index (κ1) is 19.1. The molecule has 3 heterocycles. The van der Waals surface area contributed by atoms with E-state index in [0.29, 0.717) is 5.92 Å². The van der Waals surface area contributed by atoms with Gasteiger partial charge in [0.1, 0.15) is 0 Å². The van der Waals surface area contributed by atoms with Crippen LogP contribution in [0.5, 0.6) is 0 Å². The van der Waals surface area contributed by atoms with Crippen molar-refractivity contribution in [3.05, 3.63) is 89.4 Å². The highest BCUT2D eigenvalue weighted by atomic mass is 16.3. The lowest BCUT2D eigenvalue weighted by atomic mass is 9.89. The first-order chi connectivity index (χ1) is 14.4.